The first-order valence-electron chi connectivity index (χ1n) is 7.47. The molecule has 4 heterocycles. The molecular formula is C15H21N3O3. The monoisotopic (exact) mass is 291 g/mol. The lowest BCUT2D eigenvalue weighted by Crippen LogP contribution is -2.62. The molecule has 3 saturated heterocycles. The van der Waals surface area contributed by atoms with Crippen LogP contribution < -0.4 is 10.6 Å². The molecule has 3 aliphatic heterocycles. The van der Waals surface area contributed by atoms with Crippen molar-refractivity contribution in [2.45, 2.75) is 38.8 Å². The number of carbonyl (C=O) groups is 2. The van der Waals surface area contributed by atoms with Crippen molar-refractivity contribution in [3.63, 3.8) is 0 Å². The van der Waals surface area contributed by atoms with E-state index in [1.165, 1.54) is 6.92 Å². The molecule has 2 bridgehead atoms. The van der Waals surface area contributed by atoms with E-state index >= 15 is 0 Å². The van der Waals surface area contributed by atoms with Crippen LogP contribution in [0.25, 0.3) is 0 Å². The highest BCUT2D eigenvalue weighted by atomic mass is 16.4. The van der Waals surface area contributed by atoms with Gasteiger partial charge in [-0.05, 0) is 44.8 Å². The Morgan fingerprint density at radius 3 is 2.62 bits per heavy atom. The zero-order valence-corrected chi connectivity index (χ0v) is 12.4. The summed E-state index contributed by atoms with van der Waals surface area (Å²) in [6.07, 6.45) is 2.29. The molecule has 0 radical (unpaired) electrons. The van der Waals surface area contributed by atoms with Gasteiger partial charge in [0.15, 0.2) is 11.6 Å². The number of furan rings is 1. The lowest BCUT2D eigenvalue weighted by molar-refractivity contribution is -0.114. The van der Waals surface area contributed by atoms with Crippen LogP contribution in [-0.2, 0) is 4.79 Å². The number of fused-ring (bicyclic) bond motifs is 3. The highest BCUT2D eigenvalue weighted by Gasteiger charge is 2.40. The molecule has 1 aromatic rings. The molecule has 6 heteroatoms. The quantitative estimate of drug-likeness (QED) is 0.884. The highest BCUT2D eigenvalue weighted by molar-refractivity contribution is 5.93. The Kier molecular flexibility index (Phi) is 3.71. The van der Waals surface area contributed by atoms with Gasteiger partial charge in [0.05, 0.1) is 0 Å². The topological polar surface area (TPSA) is 74.6 Å². The molecule has 114 valence electrons. The minimum Gasteiger partial charge on any atom is -0.435 e. The van der Waals surface area contributed by atoms with Gasteiger partial charge in [0.25, 0.3) is 5.91 Å². The van der Waals surface area contributed by atoms with E-state index in [0.29, 0.717) is 17.8 Å². The standard InChI is InChI=1S/C15H21N3O3/c1-9-14(11-5-7-18(9)8-6-11)17-15(20)12-3-4-13(21-12)16-10(2)19/h3-4,9,11,14H,5-8H2,1-2H3,(H,16,19)(H,17,20)/t9-,14+/m1/s1. The van der Waals surface area contributed by atoms with Gasteiger partial charge >= 0.3 is 0 Å². The zero-order valence-electron chi connectivity index (χ0n) is 12.4. The second kappa shape index (κ2) is 5.52. The summed E-state index contributed by atoms with van der Waals surface area (Å²) in [6.45, 7) is 5.83. The summed E-state index contributed by atoms with van der Waals surface area (Å²) in [5.74, 6) is 0.662. The Morgan fingerprint density at radius 1 is 1.29 bits per heavy atom. The average molecular weight is 291 g/mol. The lowest BCUT2D eigenvalue weighted by Gasteiger charge is -2.49. The Bertz CT molecular complexity index is 544. The minimum absolute atomic E-state index is 0.175. The van der Waals surface area contributed by atoms with Crippen LogP contribution in [-0.4, -0.2) is 41.9 Å². The van der Waals surface area contributed by atoms with Crippen LogP contribution in [0.15, 0.2) is 16.5 Å². The number of nitrogens with one attached hydrogen (secondary N) is 2. The number of hydrogen-bond acceptors (Lipinski definition) is 4. The molecule has 0 saturated carbocycles. The molecule has 4 rings (SSSR count). The summed E-state index contributed by atoms with van der Waals surface area (Å²) in [6, 6.07) is 3.73. The van der Waals surface area contributed by atoms with Gasteiger partial charge in [-0.2, -0.15) is 0 Å². The predicted octanol–water partition coefficient (Wildman–Crippen LogP) is 1.45. The Balaban J connectivity index is 1.66. The molecule has 1 aromatic heterocycles. The third-order valence-electron chi connectivity index (χ3n) is 4.60. The maximum Gasteiger partial charge on any atom is 0.287 e. The van der Waals surface area contributed by atoms with Gasteiger partial charge in [-0.1, -0.05) is 0 Å². The molecule has 3 aliphatic rings. The number of hydrogen-bond donors (Lipinski definition) is 2. The Hall–Kier alpha value is -1.82. The van der Waals surface area contributed by atoms with Crippen molar-refractivity contribution in [2.75, 3.05) is 18.4 Å². The molecule has 21 heavy (non-hydrogen) atoms. The van der Waals surface area contributed by atoms with Crippen LogP contribution in [0.3, 0.4) is 0 Å². The highest BCUT2D eigenvalue weighted by Crippen LogP contribution is 2.32. The number of carbonyl (C=O) groups excluding carboxylic acids is 2. The minimum atomic E-state index is -0.220. The fourth-order valence-corrected chi connectivity index (χ4v) is 3.47. The maximum atomic E-state index is 12.3. The number of nitrogens with zero attached hydrogens (tertiary/aromatic N) is 1. The van der Waals surface area contributed by atoms with Gasteiger partial charge in [-0.15, -0.1) is 0 Å². The van der Waals surface area contributed by atoms with E-state index in [4.69, 9.17) is 4.42 Å². The van der Waals surface area contributed by atoms with E-state index in [0.717, 1.165) is 25.9 Å². The van der Waals surface area contributed by atoms with Crippen LogP contribution in [0.1, 0.15) is 37.2 Å². The second-order valence-corrected chi connectivity index (χ2v) is 5.96. The van der Waals surface area contributed by atoms with Crippen molar-refractivity contribution < 1.29 is 14.0 Å². The van der Waals surface area contributed by atoms with E-state index in [1.54, 1.807) is 12.1 Å². The average Bonchev–Trinajstić information content (AvgIpc) is 2.91. The number of anilines is 1. The number of rotatable bonds is 3. The molecule has 2 N–H and O–H groups in total. The van der Waals surface area contributed by atoms with Gasteiger partial charge in [0.1, 0.15) is 0 Å². The van der Waals surface area contributed by atoms with E-state index in [-0.39, 0.29) is 23.6 Å². The zero-order chi connectivity index (χ0) is 15.0. The van der Waals surface area contributed by atoms with Crippen molar-refractivity contribution in [1.29, 1.82) is 0 Å². The van der Waals surface area contributed by atoms with Crippen molar-refractivity contribution in [3.05, 3.63) is 17.9 Å². The first-order valence-corrected chi connectivity index (χ1v) is 7.47. The van der Waals surface area contributed by atoms with Gasteiger partial charge in [0.2, 0.25) is 5.91 Å². The number of piperidine rings is 3. The van der Waals surface area contributed by atoms with Crippen molar-refractivity contribution in [2.24, 2.45) is 5.92 Å². The largest absolute Gasteiger partial charge is 0.435 e. The van der Waals surface area contributed by atoms with Crippen molar-refractivity contribution >= 4 is 17.7 Å². The van der Waals surface area contributed by atoms with E-state index < -0.39 is 0 Å². The van der Waals surface area contributed by atoms with Crippen molar-refractivity contribution in [3.8, 4) is 0 Å². The maximum absolute atomic E-state index is 12.3. The van der Waals surface area contributed by atoms with E-state index in [9.17, 15) is 9.59 Å². The third-order valence-corrected chi connectivity index (χ3v) is 4.60. The van der Waals surface area contributed by atoms with E-state index in [2.05, 4.69) is 22.5 Å². The van der Waals surface area contributed by atoms with Crippen LogP contribution in [0.4, 0.5) is 5.88 Å². The summed E-state index contributed by atoms with van der Waals surface area (Å²) in [4.78, 5) is 25.7. The summed E-state index contributed by atoms with van der Waals surface area (Å²) in [5.41, 5.74) is 0. The molecule has 0 spiro atoms. The molecule has 0 unspecified atom stereocenters. The normalized spacial score (nSPS) is 31.0. The Labute approximate surface area is 123 Å². The summed E-state index contributed by atoms with van der Waals surface area (Å²) >= 11 is 0. The van der Waals surface area contributed by atoms with Crippen LogP contribution in [0.5, 0.6) is 0 Å². The third kappa shape index (κ3) is 2.81. The summed E-state index contributed by atoms with van der Waals surface area (Å²) in [7, 11) is 0. The van der Waals surface area contributed by atoms with Crippen molar-refractivity contribution in [1.82, 2.24) is 10.2 Å². The fraction of sp³-hybridized carbons (Fsp3) is 0.600. The molecule has 0 aliphatic carbocycles. The van der Waals surface area contributed by atoms with Gasteiger partial charge in [-0.25, -0.2) is 0 Å². The first kappa shape index (κ1) is 14.1. The van der Waals surface area contributed by atoms with Gasteiger partial charge in [0, 0.05) is 25.1 Å². The van der Waals surface area contributed by atoms with Gasteiger partial charge < -0.3 is 9.73 Å². The smallest absolute Gasteiger partial charge is 0.287 e. The van der Waals surface area contributed by atoms with Crippen LogP contribution in [0, 0.1) is 5.92 Å². The SMILES string of the molecule is CC(=O)Nc1ccc(C(=O)N[C@@H]2C3CCN(CC3)[C@@H]2C)o1. The molecular weight excluding hydrogens is 270 g/mol. The van der Waals surface area contributed by atoms with Crippen LogP contribution in [0.2, 0.25) is 0 Å². The summed E-state index contributed by atoms with van der Waals surface area (Å²) < 4.78 is 5.36. The van der Waals surface area contributed by atoms with Gasteiger partial charge in [-0.3, -0.25) is 19.8 Å². The molecule has 2 amide bonds. The first-order chi connectivity index (χ1) is 10.0. The predicted molar refractivity (Wildman–Crippen MR) is 78.0 cm³/mol. The lowest BCUT2D eigenvalue weighted by atomic mass is 9.79. The number of amides is 2. The second-order valence-electron chi connectivity index (χ2n) is 5.96. The van der Waals surface area contributed by atoms with E-state index in [1.807, 2.05) is 0 Å². The Morgan fingerprint density at radius 2 is 2.00 bits per heavy atom. The van der Waals surface area contributed by atoms with Crippen LogP contribution >= 0.6 is 0 Å². The molecule has 2 atom stereocenters. The molecule has 3 fully saturated rings. The fourth-order valence-electron chi connectivity index (χ4n) is 3.47. The summed E-state index contributed by atoms with van der Waals surface area (Å²) in [5, 5.41) is 5.62. The molecule has 6 nitrogen and oxygen atoms in total. The molecule has 0 aromatic carbocycles.